The monoisotopic (exact) mass is 355 g/mol. The molecule has 1 N–H and O–H groups in total. The normalized spacial score (nSPS) is 12.2. The van der Waals surface area contributed by atoms with Crippen LogP contribution in [0.15, 0.2) is 28.9 Å². The summed E-state index contributed by atoms with van der Waals surface area (Å²) < 4.78 is 7.67. The third-order valence-electron chi connectivity index (χ3n) is 2.84. The number of aliphatic hydroxyl groups excluding tert-OH is 1. The van der Waals surface area contributed by atoms with Crippen LogP contribution >= 0.6 is 15.9 Å². The van der Waals surface area contributed by atoms with Crippen LogP contribution < -0.4 is 4.74 Å². The molecule has 0 spiro atoms. The first-order chi connectivity index (χ1) is 9.88. The number of nitro groups is 1. The maximum Gasteiger partial charge on any atom is 0.312 e. The first-order valence-electron chi connectivity index (χ1n) is 6.15. The Bertz CT molecular complexity index is 669. The predicted molar refractivity (Wildman–Crippen MR) is 79.0 cm³/mol. The molecule has 0 aliphatic carbocycles. The second kappa shape index (κ2) is 6.23. The number of aryl methyl sites for hydroxylation is 1. The highest BCUT2D eigenvalue weighted by Crippen LogP contribution is 2.38. The number of aliphatic hydroxyl groups is 1. The van der Waals surface area contributed by atoms with Gasteiger partial charge in [-0.25, -0.2) is 0 Å². The van der Waals surface area contributed by atoms with Crippen LogP contribution in [0.4, 0.5) is 5.69 Å². The lowest BCUT2D eigenvalue weighted by molar-refractivity contribution is -0.386. The van der Waals surface area contributed by atoms with Crippen molar-refractivity contribution in [1.29, 1.82) is 0 Å². The van der Waals surface area contributed by atoms with Gasteiger partial charge < -0.3 is 9.84 Å². The van der Waals surface area contributed by atoms with Gasteiger partial charge in [0.2, 0.25) is 5.75 Å². The molecule has 1 heterocycles. The number of aromatic nitrogens is 2. The molecule has 1 aromatic carbocycles. The number of nitrogens with zero attached hydrogens (tertiary/aromatic N) is 3. The molecule has 0 amide bonds. The Kier molecular flexibility index (Phi) is 4.59. The third-order valence-corrected chi connectivity index (χ3v) is 3.30. The molecule has 112 valence electrons. The Balaban J connectivity index is 2.37. The summed E-state index contributed by atoms with van der Waals surface area (Å²) >= 11 is 3.20. The molecule has 7 nitrogen and oxygen atoms in total. The maximum atomic E-state index is 11.2. The molecule has 0 radical (unpaired) electrons. The molecule has 21 heavy (non-hydrogen) atoms. The molecule has 0 unspecified atom stereocenters. The van der Waals surface area contributed by atoms with Gasteiger partial charge in [0.05, 0.1) is 16.7 Å². The highest BCUT2D eigenvalue weighted by molar-refractivity contribution is 9.10. The zero-order chi connectivity index (χ0) is 15.6. The van der Waals surface area contributed by atoms with Gasteiger partial charge >= 0.3 is 5.69 Å². The molecule has 0 saturated heterocycles. The van der Waals surface area contributed by atoms with Crippen LogP contribution in [0, 0.1) is 10.1 Å². The average Bonchev–Trinajstić information content (AvgIpc) is 2.81. The molecule has 0 saturated carbocycles. The number of benzene rings is 1. The fourth-order valence-corrected chi connectivity index (χ4v) is 2.35. The largest absolute Gasteiger partial charge is 0.480 e. The number of rotatable bonds is 5. The molecule has 0 aliphatic rings. The summed E-state index contributed by atoms with van der Waals surface area (Å²) in [6.07, 6.45) is 0.865. The number of nitro benzene ring substituents is 1. The van der Waals surface area contributed by atoms with E-state index in [9.17, 15) is 15.2 Å². The van der Waals surface area contributed by atoms with Crippen LogP contribution in [0.5, 0.6) is 5.75 Å². The van der Waals surface area contributed by atoms with Crippen LogP contribution in [0.25, 0.3) is 0 Å². The van der Waals surface area contributed by atoms with E-state index in [1.54, 1.807) is 30.1 Å². The van der Waals surface area contributed by atoms with E-state index >= 15 is 0 Å². The maximum absolute atomic E-state index is 11.2. The van der Waals surface area contributed by atoms with Gasteiger partial charge in [-0.3, -0.25) is 14.8 Å². The summed E-state index contributed by atoms with van der Waals surface area (Å²) in [7, 11) is 1.77. The van der Waals surface area contributed by atoms with E-state index < -0.39 is 11.0 Å². The number of hydrogen-bond acceptors (Lipinski definition) is 5. The molecule has 1 atom stereocenters. The highest BCUT2D eigenvalue weighted by Gasteiger charge is 2.23. The summed E-state index contributed by atoms with van der Waals surface area (Å²) in [4.78, 5) is 10.6. The van der Waals surface area contributed by atoms with E-state index in [4.69, 9.17) is 4.74 Å². The fourth-order valence-electron chi connectivity index (χ4n) is 1.89. The van der Waals surface area contributed by atoms with E-state index in [0.29, 0.717) is 15.7 Å². The molecule has 0 aliphatic heterocycles. The van der Waals surface area contributed by atoms with E-state index in [2.05, 4.69) is 21.0 Å². The Morgan fingerprint density at radius 1 is 1.57 bits per heavy atom. The summed E-state index contributed by atoms with van der Waals surface area (Å²) in [6, 6.07) is 4.71. The molecular formula is C13H14BrN3O4. The van der Waals surface area contributed by atoms with E-state index in [1.807, 2.05) is 0 Å². The Labute approximate surface area is 129 Å². The predicted octanol–water partition coefficient (Wildman–Crippen LogP) is 2.72. The van der Waals surface area contributed by atoms with Gasteiger partial charge in [-0.05, 0) is 19.1 Å². The lowest BCUT2D eigenvalue weighted by Gasteiger charge is -2.13. The summed E-state index contributed by atoms with van der Waals surface area (Å²) in [5.74, 6) is 0.0591. The zero-order valence-electron chi connectivity index (χ0n) is 11.5. The van der Waals surface area contributed by atoms with Crippen molar-refractivity contribution in [2.75, 3.05) is 0 Å². The van der Waals surface area contributed by atoms with Crippen molar-refractivity contribution in [3.05, 3.63) is 50.2 Å². The van der Waals surface area contributed by atoms with Crippen molar-refractivity contribution in [1.82, 2.24) is 9.78 Å². The van der Waals surface area contributed by atoms with Gasteiger partial charge in [-0.1, -0.05) is 15.9 Å². The lowest BCUT2D eigenvalue weighted by atomic mass is 10.1. The third kappa shape index (κ3) is 3.59. The fraction of sp³-hybridized carbons (Fsp3) is 0.308. The molecule has 1 aromatic heterocycles. The van der Waals surface area contributed by atoms with E-state index in [1.165, 1.54) is 13.0 Å². The van der Waals surface area contributed by atoms with Gasteiger partial charge in [0.25, 0.3) is 0 Å². The van der Waals surface area contributed by atoms with Crippen molar-refractivity contribution in [2.24, 2.45) is 7.05 Å². The first kappa shape index (κ1) is 15.5. The standard InChI is InChI=1S/C13H14BrN3O4/c1-8(18)11-5-9(14)6-12(17(19)20)13(11)21-7-10-3-4-16(2)15-10/h3-6,8,18H,7H2,1-2H3/t8-/m0/s1. The summed E-state index contributed by atoms with van der Waals surface area (Å²) in [6.45, 7) is 1.61. The molecule has 0 fully saturated rings. The van der Waals surface area contributed by atoms with Crippen LogP contribution in [0.3, 0.4) is 0 Å². The van der Waals surface area contributed by atoms with E-state index in [-0.39, 0.29) is 18.0 Å². The SMILES string of the molecule is C[C@H](O)c1cc(Br)cc([N+](=O)[O-])c1OCc1ccn(C)n1. The number of halogens is 1. The second-order valence-electron chi connectivity index (χ2n) is 4.55. The van der Waals surface area contributed by atoms with Gasteiger partial charge in [0.15, 0.2) is 0 Å². The zero-order valence-corrected chi connectivity index (χ0v) is 13.1. The minimum atomic E-state index is -0.889. The summed E-state index contributed by atoms with van der Waals surface area (Å²) in [5.41, 5.74) is 0.800. The quantitative estimate of drug-likeness (QED) is 0.657. The van der Waals surface area contributed by atoms with Crippen molar-refractivity contribution in [3.8, 4) is 5.75 Å². The topological polar surface area (TPSA) is 90.4 Å². The molecular weight excluding hydrogens is 342 g/mol. The van der Waals surface area contributed by atoms with Crippen LogP contribution in [-0.2, 0) is 13.7 Å². The van der Waals surface area contributed by atoms with Crippen molar-refractivity contribution < 1.29 is 14.8 Å². The smallest absolute Gasteiger partial charge is 0.312 e. The van der Waals surface area contributed by atoms with Crippen molar-refractivity contribution >= 4 is 21.6 Å². The van der Waals surface area contributed by atoms with Gasteiger partial charge in [0, 0.05) is 29.3 Å². The minimum absolute atomic E-state index is 0.0591. The highest BCUT2D eigenvalue weighted by atomic mass is 79.9. The Morgan fingerprint density at radius 2 is 2.29 bits per heavy atom. The number of ether oxygens (including phenoxy) is 1. The molecule has 2 aromatic rings. The Morgan fingerprint density at radius 3 is 2.81 bits per heavy atom. The van der Waals surface area contributed by atoms with Crippen LogP contribution in [-0.4, -0.2) is 19.8 Å². The first-order valence-corrected chi connectivity index (χ1v) is 6.95. The number of hydrogen-bond donors (Lipinski definition) is 1. The molecule has 2 rings (SSSR count). The minimum Gasteiger partial charge on any atom is -0.480 e. The van der Waals surface area contributed by atoms with Crippen molar-refractivity contribution in [2.45, 2.75) is 19.6 Å². The Hall–Kier alpha value is -1.93. The summed E-state index contributed by atoms with van der Waals surface area (Å²) in [5, 5.41) is 25.1. The average molecular weight is 356 g/mol. The van der Waals surface area contributed by atoms with Crippen LogP contribution in [0.2, 0.25) is 0 Å². The molecule has 0 bridgehead atoms. The second-order valence-corrected chi connectivity index (χ2v) is 5.46. The lowest BCUT2D eigenvalue weighted by Crippen LogP contribution is -2.05. The van der Waals surface area contributed by atoms with E-state index in [0.717, 1.165) is 0 Å². The van der Waals surface area contributed by atoms with Gasteiger partial charge in [-0.2, -0.15) is 5.10 Å². The molecule has 8 heteroatoms. The van der Waals surface area contributed by atoms with Gasteiger partial charge in [0.1, 0.15) is 6.61 Å². The van der Waals surface area contributed by atoms with Gasteiger partial charge in [-0.15, -0.1) is 0 Å². The van der Waals surface area contributed by atoms with Crippen LogP contribution in [0.1, 0.15) is 24.3 Å². The van der Waals surface area contributed by atoms with Crippen molar-refractivity contribution in [3.63, 3.8) is 0 Å².